The molecule has 2 aliphatic rings. The lowest BCUT2D eigenvalue weighted by Crippen LogP contribution is -2.39. The third-order valence-corrected chi connectivity index (χ3v) is 5.57. The highest BCUT2D eigenvalue weighted by molar-refractivity contribution is 5.55. The number of benzene rings is 1. The molecule has 25 heavy (non-hydrogen) atoms. The molecule has 128 valence electrons. The third-order valence-electron chi connectivity index (χ3n) is 5.57. The van der Waals surface area contributed by atoms with E-state index < -0.39 is 0 Å². The van der Waals surface area contributed by atoms with Crippen molar-refractivity contribution in [1.29, 1.82) is 5.26 Å². The van der Waals surface area contributed by atoms with E-state index in [0.717, 1.165) is 50.2 Å². The molecule has 0 spiro atoms. The van der Waals surface area contributed by atoms with Crippen molar-refractivity contribution in [2.75, 3.05) is 31.1 Å². The fourth-order valence-electron chi connectivity index (χ4n) is 4.27. The van der Waals surface area contributed by atoms with Crippen LogP contribution in [0.25, 0.3) is 0 Å². The number of hydrogen-bond donors (Lipinski definition) is 0. The maximum Gasteiger partial charge on any atom is 0.146 e. The lowest BCUT2D eigenvalue weighted by atomic mass is 9.88. The number of nitrogens with zero attached hydrogens (tertiary/aromatic N) is 4. The molecular weight excluding hydrogens is 308 g/mol. The fraction of sp³-hybridized carbons (Fsp3) is 0.429. The summed E-state index contributed by atoms with van der Waals surface area (Å²) in [5.74, 6) is 2.28. The average molecular weight is 332 g/mol. The molecular formula is C21H24N4. The highest BCUT2D eigenvalue weighted by Gasteiger charge is 2.38. The molecule has 1 aromatic carbocycles. The summed E-state index contributed by atoms with van der Waals surface area (Å²) in [5.41, 5.74) is 3.07. The van der Waals surface area contributed by atoms with E-state index in [2.05, 4.69) is 51.2 Å². The first-order chi connectivity index (χ1) is 12.2. The van der Waals surface area contributed by atoms with Crippen molar-refractivity contribution in [3.8, 4) is 6.07 Å². The lowest BCUT2D eigenvalue weighted by molar-refractivity contribution is 0.142. The van der Waals surface area contributed by atoms with E-state index in [0.29, 0.717) is 11.5 Å². The zero-order valence-corrected chi connectivity index (χ0v) is 14.7. The quantitative estimate of drug-likeness (QED) is 0.865. The van der Waals surface area contributed by atoms with Crippen molar-refractivity contribution >= 4 is 5.82 Å². The van der Waals surface area contributed by atoms with Crippen LogP contribution >= 0.6 is 0 Å². The van der Waals surface area contributed by atoms with Crippen LogP contribution in [-0.4, -0.2) is 36.1 Å². The van der Waals surface area contributed by atoms with E-state index in [1.165, 1.54) is 12.0 Å². The molecule has 4 heteroatoms. The molecule has 3 heterocycles. The first-order valence-electron chi connectivity index (χ1n) is 9.12. The maximum atomic E-state index is 9.41. The normalized spacial score (nSPS) is 23.3. The predicted molar refractivity (Wildman–Crippen MR) is 99.2 cm³/mol. The van der Waals surface area contributed by atoms with Gasteiger partial charge in [-0.1, -0.05) is 30.3 Å². The highest BCUT2D eigenvalue weighted by atomic mass is 15.2. The predicted octanol–water partition coefficient (Wildman–Crippen LogP) is 3.22. The summed E-state index contributed by atoms with van der Waals surface area (Å²) < 4.78 is 0. The Hall–Kier alpha value is -2.38. The van der Waals surface area contributed by atoms with Gasteiger partial charge >= 0.3 is 0 Å². The Morgan fingerprint density at radius 2 is 1.88 bits per heavy atom. The molecule has 2 atom stereocenters. The maximum absolute atomic E-state index is 9.41. The Morgan fingerprint density at radius 3 is 2.68 bits per heavy atom. The van der Waals surface area contributed by atoms with Crippen LogP contribution in [0.4, 0.5) is 5.82 Å². The van der Waals surface area contributed by atoms with Gasteiger partial charge in [0, 0.05) is 31.9 Å². The summed E-state index contributed by atoms with van der Waals surface area (Å²) >= 11 is 0. The number of anilines is 1. The second-order valence-corrected chi connectivity index (χ2v) is 7.37. The molecule has 4 nitrogen and oxygen atoms in total. The largest absolute Gasteiger partial charge is 0.355 e. The van der Waals surface area contributed by atoms with Crippen molar-refractivity contribution in [2.45, 2.75) is 19.9 Å². The van der Waals surface area contributed by atoms with Crippen LogP contribution in [0.1, 0.15) is 23.2 Å². The van der Waals surface area contributed by atoms with Gasteiger partial charge in [-0.05, 0) is 49.4 Å². The molecule has 0 amide bonds. The van der Waals surface area contributed by atoms with Crippen LogP contribution in [0.2, 0.25) is 0 Å². The molecule has 2 fully saturated rings. The average Bonchev–Trinajstić information content (AvgIpc) is 3.06. The summed E-state index contributed by atoms with van der Waals surface area (Å²) in [6, 6.07) is 16.9. The number of hydrogen-bond acceptors (Lipinski definition) is 4. The smallest absolute Gasteiger partial charge is 0.146 e. The molecule has 0 N–H and O–H groups in total. The molecule has 0 radical (unpaired) electrons. The molecule has 1 aromatic heterocycles. The summed E-state index contributed by atoms with van der Waals surface area (Å²) in [6.07, 6.45) is 1.24. The van der Waals surface area contributed by atoms with Gasteiger partial charge in [0.25, 0.3) is 0 Å². The standard InChI is InChI=1S/C21H24N4/c1-16-7-8-18(11-22)21(23-16)25-14-19-9-10-24(13-20(19)15-25)12-17-5-3-2-4-6-17/h2-8,19-20H,9-10,12-15H2,1H3/t19-,20+/m0/s1. The fourth-order valence-corrected chi connectivity index (χ4v) is 4.27. The minimum Gasteiger partial charge on any atom is -0.355 e. The number of pyridine rings is 1. The van der Waals surface area contributed by atoms with E-state index in [4.69, 9.17) is 0 Å². The number of aromatic nitrogens is 1. The first-order valence-corrected chi connectivity index (χ1v) is 9.12. The third kappa shape index (κ3) is 3.38. The molecule has 0 bridgehead atoms. The molecule has 0 unspecified atom stereocenters. The van der Waals surface area contributed by atoms with Gasteiger partial charge in [-0.15, -0.1) is 0 Å². The van der Waals surface area contributed by atoms with Gasteiger partial charge in [0.05, 0.1) is 5.56 Å². The van der Waals surface area contributed by atoms with Gasteiger partial charge in [-0.25, -0.2) is 4.98 Å². The molecule has 0 saturated carbocycles. The van der Waals surface area contributed by atoms with Crippen molar-refractivity contribution < 1.29 is 0 Å². The number of fused-ring (bicyclic) bond motifs is 1. The SMILES string of the molecule is Cc1ccc(C#N)c(N2C[C@H]3CN(Cc4ccccc4)CC[C@H]3C2)n1. The van der Waals surface area contributed by atoms with Crippen LogP contribution in [0.3, 0.4) is 0 Å². The first kappa shape index (κ1) is 16.1. The van der Waals surface area contributed by atoms with Gasteiger partial charge in [0.2, 0.25) is 0 Å². The van der Waals surface area contributed by atoms with Crippen LogP contribution in [0, 0.1) is 30.1 Å². The highest BCUT2D eigenvalue weighted by Crippen LogP contribution is 2.34. The van der Waals surface area contributed by atoms with Gasteiger partial charge in [-0.2, -0.15) is 5.26 Å². The lowest BCUT2D eigenvalue weighted by Gasteiger charge is -2.34. The van der Waals surface area contributed by atoms with E-state index in [1.807, 2.05) is 19.1 Å². The summed E-state index contributed by atoms with van der Waals surface area (Å²) in [7, 11) is 0. The summed E-state index contributed by atoms with van der Waals surface area (Å²) in [4.78, 5) is 9.58. The van der Waals surface area contributed by atoms with Gasteiger partial charge in [0.1, 0.15) is 11.9 Å². The second-order valence-electron chi connectivity index (χ2n) is 7.37. The van der Waals surface area contributed by atoms with Gasteiger partial charge < -0.3 is 4.90 Å². The van der Waals surface area contributed by atoms with E-state index in [1.54, 1.807) is 0 Å². The van der Waals surface area contributed by atoms with Crippen LogP contribution in [0.5, 0.6) is 0 Å². The number of aryl methyl sites for hydroxylation is 1. The Labute approximate surface area is 149 Å². The second kappa shape index (κ2) is 6.85. The van der Waals surface area contributed by atoms with Gasteiger partial charge in [0.15, 0.2) is 0 Å². The van der Waals surface area contributed by atoms with Crippen LogP contribution in [0.15, 0.2) is 42.5 Å². The molecule has 2 saturated heterocycles. The Balaban J connectivity index is 1.45. The Bertz CT molecular complexity index is 780. The zero-order chi connectivity index (χ0) is 17.2. The van der Waals surface area contributed by atoms with Crippen molar-refractivity contribution in [2.24, 2.45) is 11.8 Å². The minimum atomic E-state index is 0.673. The number of piperidine rings is 1. The van der Waals surface area contributed by atoms with E-state index >= 15 is 0 Å². The summed E-state index contributed by atoms with van der Waals surface area (Å²) in [5, 5.41) is 9.41. The molecule has 0 aliphatic carbocycles. The van der Waals surface area contributed by atoms with Crippen molar-refractivity contribution in [3.63, 3.8) is 0 Å². The Morgan fingerprint density at radius 1 is 1.08 bits per heavy atom. The number of likely N-dealkylation sites (tertiary alicyclic amines) is 1. The summed E-state index contributed by atoms with van der Waals surface area (Å²) in [6.45, 7) is 7.39. The molecule has 2 aliphatic heterocycles. The van der Waals surface area contributed by atoms with E-state index in [-0.39, 0.29) is 0 Å². The van der Waals surface area contributed by atoms with Crippen molar-refractivity contribution in [1.82, 2.24) is 9.88 Å². The van der Waals surface area contributed by atoms with E-state index in [9.17, 15) is 5.26 Å². The topological polar surface area (TPSA) is 43.2 Å². The zero-order valence-electron chi connectivity index (χ0n) is 14.7. The monoisotopic (exact) mass is 332 g/mol. The number of nitriles is 1. The van der Waals surface area contributed by atoms with Crippen molar-refractivity contribution in [3.05, 3.63) is 59.3 Å². The minimum absolute atomic E-state index is 0.673. The van der Waals surface area contributed by atoms with Crippen LogP contribution < -0.4 is 4.90 Å². The number of rotatable bonds is 3. The van der Waals surface area contributed by atoms with Crippen LogP contribution in [-0.2, 0) is 6.54 Å². The van der Waals surface area contributed by atoms with Gasteiger partial charge in [-0.3, -0.25) is 4.90 Å². The molecule has 2 aromatic rings. The molecule has 4 rings (SSSR count). The Kier molecular flexibility index (Phi) is 4.42.